The Morgan fingerprint density at radius 1 is 1.00 bits per heavy atom. The molecule has 8 heteroatoms. The quantitative estimate of drug-likeness (QED) is 0.477. The number of nitro groups is 1. The number of para-hydroxylation sites is 1. The number of benzene rings is 2. The van der Waals surface area contributed by atoms with Gasteiger partial charge in [0.15, 0.2) is 0 Å². The zero-order valence-corrected chi connectivity index (χ0v) is 14.9. The van der Waals surface area contributed by atoms with Crippen LogP contribution in [0.1, 0.15) is 11.1 Å². The van der Waals surface area contributed by atoms with Gasteiger partial charge in [-0.25, -0.2) is 9.97 Å². The molecule has 0 fully saturated rings. The van der Waals surface area contributed by atoms with Gasteiger partial charge in [0.1, 0.15) is 6.33 Å². The fourth-order valence-corrected chi connectivity index (χ4v) is 2.56. The van der Waals surface area contributed by atoms with Gasteiger partial charge in [0.2, 0.25) is 11.6 Å². The maximum atomic E-state index is 11.6. The fourth-order valence-electron chi connectivity index (χ4n) is 2.38. The summed E-state index contributed by atoms with van der Waals surface area (Å²) in [6.45, 7) is 3.97. The number of nitrogens with zero attached hydrogens (tertiary/aromatic N) is 3. The Balaban J connectivity index is 1.99. The lowest BCUT2D eigenvalue weighted by atomic mass is 10.1. The molecule has 0 atom stereocenters. The number of rotatable bonds is 5. The number of hydrogen-bond acceptors (Lipinski definition) is 6. The summed E-state index contributed by atoms with van der Waals surface area (Å²) in [4.78, 5) is 19.2. The summed E-state index contributed by atoms with van der Waals surface area (Å²) in [6.07, 6.45) is 1.26. The standard InChI is InChI=1S/C18H16ClN5O2/c1-11-7-8-13(9-12(11)2)22-17-16(24(25)26)18(21-10-20-17)23-15-6-4-3-5-14(15)19/h3-10H,1-2H3,(H2,20,21,22,23). The highest BCUT2D eigenvalue weighted by molar-refractivity contribution is 6.33. The third kappa shape index (κ3) is 3.73. The first kappa shape index (κ1) is 17.6. The Hall–Kier alpha value is -3.19. The first-order valence-electron chi connectivity index (χ1n) is 7.81. The summed E-state index contributed by atoms with van der Waals surface area (Å²) in [5, 5.41) is 18.0. The average Bonchev–Trinajstić information content (AvgIpc) is 2.60. The smallest absolute Gasteiger partial charge is 0.334 e. The van der Waals surface area contributed by atoms with Gasteiger partial charge < -0.3 is 10.6 Å². The van der Waals surface area contributed by atoms with Crippen LogP contribution in [-0.4, -0.2) is 14.9 Å². The molecule has 0 amide bonds. The minimum atomic E-state index is -0.525. The van der Waals surface area contributed by atoms with E-state index in [2.05, 4.69) is 20.6 Å². The Labute approximate surface area is 155 Å². The molecule has 0 unspecified atom stereocenters. The predicted octanol–water partition coefficient (Wildman–Crippen LogP) is 5.14. The monoisotopic (exact) mass is 369 g/mol. The molecular formula is C18H16ClN5O2. The lowest BCUT2D eigenvalue weighted by molar-refractivity contribution is -0.383. The lowest BCUT2D eigenvalue weighted by Crippen LogP contribution is -2.05. The second kappa shape index (κ2) is 7.37. The first-order valence-corrected chi connectivity index (χ1v) is 8.18. The Morgan fingerprint density at radius 2 is 1.69 bits per heavy atom. The average molecular weight is 370 g/mol. The molecular weight excluding hydrogens is 354 g/mol. The highest BCUT2D eigenvalue weighted by atomic mass is 35.5. The van der Waals surface area contributed by atoms with E-state index in [0.29, 0.717) is 16.4 Å². The van der Waals surface area contributed by atoms with Crippen LogP contribution < -0.4 is 10.6 Å². The first-order chi connectivity index (χ1) is 12.5. The molecule has 0 saturated carbocycles. The number of hydrogen-bond donors (Lipinski definition) is 2. The molecule has 0 saturated heterocycles. The third-order valence-electron chi connectivity index (χ3n) is 3.90. The zero-order chi connectivity index (χ0) is 18.7. The van der Waals surface area contributed by atoms with E-state index in [0.717, 1.165) is 11.1 Å². The second-order valence-electron chi connectivity index (χ2n) is 5.71. The lowest BCUT2D eigenvalue weighted by Gasteiger charge is -2.11. The second-order valence-corrected chi connectivity index (χ2v) is 6.11. The zero-order valence-electron chi connectivity index (χ0n) is 14.2. The van der Waals surface area contributed by atoms with Gasteiger partial charge in [-0.2, -0.15) is 0 Å². The van der Waals surface area contributed by atoms with Crippen LogP contribution in [0.3, 0.4) is 0 Å². The number of aryl methyl sites for hydroxylation is 2. The summed E-state index contributed by atoms with van der Waals surface area (Å²) in [5.74, 6) is 0.159. The van der Waals surface area contributed by atoms with Crippen molar-refractivity contribution in [2.45, 2.75) is 13.8 Å². The molecule has 7 nitrogen and oxygen atoms in total. The Kier molecular flexibility index (Phi) is 4.99. The minimum Gasteiger partial charge on any atom is -0.334 e. The SMILES string of the molecule is Cc1ccc(Nc2ncnc(Nc3ccccc3Cl)c2[N+](=O)[O-])cc1C. The van der Waals surface area contributed by atoms with Crippen molar-refractivity contribution in [1.82, 2.24) is 9.97 Å². The number of nitrogens with one attached hydrogen (secondary N) is 2. The van der Waals surface area contributed by atoms with Crippen LogP contribution in [0.5, 0.6) is 0 Å². The van der Waals surface area contributed by atoms with E-state index in [9.17, 15) is 10.1 Å². The van der Waals surface area contributed by atoms with Gasteiger partial charge in [-0.15, -0.1) is 0 Å². The van der Waals surface area contributed by atoms with Crippen molar-refractivity contribution in [1.29, 1.82) is 0 Å². The molecule has 1 heterocycles. The minimum absolute atomic E-state index is 0.0597. The Bertz CT molecular complexity index is 978. The highest BCUT2D eigenvalue weighted by Gasteiger charge is 2.23. The number of aromatic nitrogens is 2. The molecule has 0 spiro atoms. The van der Waals surface area contributed by atoms with Crippen LogP contribution >= 0.6 is 11.6 Å². The molecule has 26 heavy (non-hydrogen) atoms. The van der Waals surface area contributed by atoms with Crippen LogP contribution in [0.4, 0.5) is 28.7 Å². The van der Waals surface area contributed by atoms with E-state index >= 15 is 0 Å². The van der Waals surface area contributed by atoms with Crippen molar-refractivity contribution < 1.29 is 4.92 Å². The number of halogens is 1. The molecule has 0 aliphatic heterocycles. The van der Waals surface area contributed by atoms with Crippen molar-refractivity contribution in [2.75, 3.05) is 10.6 Å². The van der Waals surface area contributed by atoms with Gasteiger partial charge in [-0.05, 0) is 49.2 Å². The molecule has 2 aromatic carbocycles. The molecule has 3 rings (SSSR count). The molecule has 0 bridgehead atoms. The summed E-state index contributed by atoms with van der Waals surface area (Å²) >= 11 is 6.12. The molecule has 1 aromatic heterocycles. The topological polar surface area (TPSA) is 93.0 Å². The van der Waals surface area contributed by atoms with Gasteiger partial charge in [-0.1, -0.05) is 29.8 Å². The van der Waals surface area contributed by atoms with E-state index in [1.165, 1.54) is 6.33 Å². The van der Waals surface area contributed by atoms with Crippen molar-refractivity contribution in [3.63, 3.8) is 0 Å². The van der Waals surface area contributed by atoms with E-state index in [1.807, 2.05) is 32.0 Å². The van der Waals surface area contributed by atoms with Crippen LogP contribution in [0.15, 0.2) is 48.8 Å². The van der Waals surface area contributed by atoms with Gasteiger partial charge in [0, 0.05) is 5.69 Å². The highest BCUT2D eigenvalue weighted by Crippen LogP contribution is 2.34. The molecule has 0 aliphatic carbocycles. The predicted molar refractivity (Wildman–Crippen MR) is 103 cm³/mol. The summed E-state index contributed by atoms with van der Waals surface area (Å²) in [6, 6.07) is 12.6. The maximum absolute atomic E-state index is 11.6. The molecule has 132 valence electrons. The maximum Gasteiger partial charge on any atom is 0.353 e. The summed E-state index contributed by atoms with van der Waals surface area (Å²) in [5.41, 5.74) is 3.17. The third-order valence-corrected chi connectivity index (χ3v) is 4.23. The van der Waals surface area contributed by atoms with Crippen molar-refractivity contribution in [3.8, 4) is 0 Å². The molecule has 0 radical (unpaired) electrons. The van der Waals surface area contributed by atoms with Crippen LogP contribution in [0.25, 0.3) is 0 Å². The van der Waals surface area contributed by atoms with Crippen LogP contribution in [0.2, 0.25) is 5.02 Å². The molecule has 2 N–H and O–H groups in total. The molecule has 0 aliphatic rings. The summed E-state index contributed by atoms with van der Waals surface area (Å²) in [7, 11) is 0. The van der Waals surface area contributed by atoms with E-state index in [-0.39, 0.29) is 17.3 Å². The Morgan fingerprint density at radius 3 is 2.35 bits per heavy atom. The fraction of sp³-hybridized carbons (Fsp3) is 0.111. The van der Waals surface area contributed by atoms with Crippen molar-refractivity contribution >= 4 is 40.3 Å². The van der Waals surface area contributed by atoms with E-state index in [1.54, 1.807) is 24.3 Å². The van der Waals surface area contributed by atoms with Gasteiger partial charge in [0.25, 0.3) is 0 Å². The van der Waals surface area contributed by atoms with Crippen LogP contribution in [0, 0.1) is 24.0 Å². The largest absolute Gasteiger partial charge is 0.353 e. The van der Waals surface area contributed by atoms with E-state index < -0.39 is 4.92 Å². The van der Waals surface area contributed by atoms with Crippen LogP contribution in [-0.2, 0) is 0 Å². The molecule has 3 aromatic rings. The summed E-state index contributed by atoms with van der Waals surface area (Å²) < 4.78 is 0. The van der Waals surface area contributed by atoms with Gasteiger partial charge >= 0.3 is 5.69 Å². The van der Waals surface area contributed by atoms with Crippen molar-refractivity contribution in [2.24, 2.45) is 0 Å². The normalized spacial score (nSPS) is 10.4. The van der Waals surface area contributed by atoms with Crippen molar-refractivity contribution in [3.05, 3.63) is 75.1 Å². The van der Waals surface area contributed by atoms with Gasteiger partial charge in [0.05, 0.1) is 15.6 Å². The number of anilines is 4. The van der Waals surface area contributed by atoms with Gasteiger partial charge in [-0.3, -0.25) is 10.1 Å². The van der Waals surface area contributed by atoms with E-state index in [4.69, 9.17) is 11.6 Å².